The third-order valence-electron chi connectivity index (χ3n) is 4.79. The minimum absolute atomic E-state index is 0.128. The number of nitrogens with one attached hydrogen (secondary N) is 1. The molecule has 1 heterocycles. The molecule has 2 atom stereocenters. The van der Waals surface area contributed by atoms with Crippen molar-refractivity contribution < 1.29 is 22.7 Å². The molecule has 8 nitrogen and oxygen atoms in total. The number of ether oxygens (including phenoxy) is 2. The van der Waals surface area contributed by atoms with Crippen molar-refractivity contribution in [3.8, 4) is 0 Å². The van der Waals surface area contributed by atoms with Gasteiger partial charge in [0.25, 0.3) is 5.91 Å². The van der Waals surface area contributed by atoms with Gasteiger partial charge >= 0.3 is 0 Å². The van der Waals surface area contributed by atoms with E-state index in [-0.39, 0.29) is 23.0 Å². The standard InChI is InChI=1S/C20H33N3O5S/c1-16-14-23(15-17(2)28-16)29(25,26)19-8-5-7-18(13-19)20(24)21-9-11-22(3)10-6-12-27-4/h5,7-8,13,16-17H,6,9-12,14-15H2,1-4H3,(H,21,24)/t16-,17-/m0/s1. The lowest BCUT2D eigenvalue weighted by Crippen LogP contribution is -2.48. The molecule has 0 spiro atoms. The molecule has 1 aromatic carbocycles. The van der Waals surface area contributed by atoms with E-state index >= 15 is 0 Å². The van der Waals surface area contributed by atoms with Gasteiger partial charge in [0, 0.05) is 52.0 Å². The number of methoxy groups -OCH3 is 1. The van der Waals surface area contributed by atoms with Crippen LogP contribution in [0, 0.1) is 0 Å². The van der Waals surface area contributed by atoms with E-state index in [9.17, 15) is 13.2 Å². The van der Waals surface area contributed by atoms with Crippen LogP contribution in [0.2, 0.25) is 0 Å². The monoisotopic (exact) mass is 427 g/mol. The fourth-order valence-corrected chi connectivity index (χ4v) is 4.96. The van der Waals surface area contributed by atoms with Gasteiger partial charge in [0.1, 0.15) is 0 Å². The molecule has 9 heteroatoms. The third kappa shape index (κ3) is 7.04. The Morgan fingerprint density at radius 1 is 1.28 bits per heavy atom. The molecule has 0 aliphatic carbocycles. The molecule has 0 aromatic heterocycles. The van der Waals surface area contributed by atoms with Crippen LogP contribution in [0.5, 0.6) is 0 Å². The van der Waals surface area contributed by atoms with Crippen molar-refractivity contribution >= 4 is 15.9 Å². The van der Waals surface area contributed by atoms with Crippen LogP contribution in [-0.4, -0.2) is 89.2 Å². The molecular formula is C20H33N3O5S. The molecule has 0 saturated carbocycles. The van der Waals surface area contributed by atoms with Crippen molar-refractivity contribution in [1.82, 2.24) is 14.5 Å². The van der Waals surface area contributed by atoms with Crippen molar-refractivity contribution in [2.24, 2.45) is 0 Å². The summed E-state index contributed by atoms with van der Waals surface area (Å²) >= 11 is 0. The number of morpholine rings is 1. The van der Waals surface area contributed by atoms with E-state index in [1.165, 1.54) is 16.4 Å². The summed E-state index contributed by atoms with van der Waals surface area (Å²) in [7, 11) is -0.0166. The highest BCUT2D eigenvalue weighted by Crippen LogP contribution is 2.21. The van der Waals surface area contributed by atoms with Gasteiger partial charge in [0.05, 0.1) is 17.1 Å². The number of nitrogens with zero attached hydrogens (tertiary/aromatic N) is 2. The van der Waals surface area contributed by atoms with Gasteiger partial charge in [-0.1, -0.05) is 6.07 Å². The van der Waals surface area contributed by atoms with E-state index in [4.69, 9.17) is 9.47 Å². The third-order valence-corrected chi connectivity index (χ3v) is 6.62. The fourth-order valence-electron chi connectivity index (χ4n) is 3.33. The lowest BCUT2D eigenvalue weighted by molar-refractivity contribution is -0.0440. The van der Waals surface area contributed by atoms with Crippen molar-refractivity contribution in [2.45, 2.75) is 37.4 Å². The Labute approximate surface area is 174 Å². The first-order valence-corrected chi connectivity index (χ1v) is 11.4. The van der Waals surface area contributed by atoms with Gasteiger partial charge in [-0.25, -0.2) is 8.42 Å². The summed E-state index contributed by atoms with van der Waals surface area (Å²) in [6.07, 6.45) is 0.598. The predicted octanol–water partition coefficient (Wildman–Crippen LogP) is 1.18. The molecule has 1 N–H and O–H groups in total. The highest BCUT2D eigenvalue weighted by molar-refractivity contribution is 7.89. The maximum absolute atomic E-state index is 13.0. The van der Waals surface area contributed by atoms with Crippen LogP contribution in [0.15, 0.2) is 29.2 Å². The number of rotatable bonds is 10. The molecule has 2 rings (SSSR count). The number of sulfonamides is 1. The molecule has 0 bridgehead atoms. The topological polar surface area (TPSA) is 88.2 Å². The van der Waals surface area contributed by atoms with E-state index in [1.807, 2.05) is 20.9 Å². The van der Waals surface area contributed by atoms with E-state index in [1.54, 1.807) is 19.2 Å². The molecule has 164 valence electrons. The van der Waals surface area contributed by atoms with Gasteiger partial charge in [0.2, 0.25) is 10.0 Å². The Hall–Kier alpha value is -1.52. The first kappa shape index (κ1) is 23.8. The molecular weight excluding hydrogens is 394 g/mol. The zero-order valence-electron chi connectivity index (χ0n) is 17.8. The van der Waals surface area contributed by atoms with E-state index in [0.717, 1.165) is 13.0 Å². The SMILES string of the molecule is COCCCN(C)CCNC(=O)c1cccc(S(=O)(=O)N2C[C@H](C)O[C@@H](C)C2)c1. The van der Waals surface area contributed by atoms with E-state index in [0.29, 0.717) is 38.3 Å². The summed E-state index contributed by atoms with van der Waals surface area (Å²) in [5.41, 5.74) is 0.336. The second kappa shape index (κ2) is 11.0. The van der Waals surface area contributed by atoms with Crippen LogP contribution in [0.1, 0.15) is 30.6 Å². The summed E-state index contributed by atoms with van der Waals surface area (Å²) in [5, 5.41) is 2.85. The normalized spacial score (nSPS) is 20.7. The Bertz CT molecular complexity index is 761. The fraction of sp³-hybridized carbons (Fsp3) is 0.650. The van der Waals surface area contributed by atoms with Gasteiger partial charge in [-0.05, 0) is 45.5 Å². The van der Waals surface area contributed by atoms with Crippen LogP contribution in [-0.2, 0) is 19.5 Å². The Balaban J connectivity index is 1.96. The number of benzene rings is 1. The lowest BCUT2D eigenvalue weighted by atomic mass is 10.2. The predicted molar refractivity (Wildman–Crippen MR) is 112 cm³/mol. The zero-order valence-corrected chi connectivity index (χ0v) is 18.6. The minimum atomic E-state index is -3.68. The Morgan fingerprint density at radius 2 is 1.97 bits per heavy atom. The van der Waals surface area contributed by atoms with Crippen LogP contribution in [0.4, 0.5) is 0 Å². The second-order valence-electron chi connectivity index (χ2n) is 7.51. The van der Waals surface area contributed by atoms with Gasteiger partial charge in [-0.15, -0.1) is 0 Å². The van der Waals surface area contributed by atoms with E-state index in [2.05, 4.69) is 10.2 Å². The van der Waals surface area contributed by atoms with Crippen molar-refractivity contribution in [3.63, 3.8) is 0 Å². The molecule has 1 fully saturated rings. The summed E-state index contributed by atoms with van der Waals surface area (Å²) in [4.78, 5) is 14.7. The summed E-state index contributed by atoms with van der Waals surface area (Å²) < 4.78 is 38.1. The minimum Gasteiger partial charge on any atom is -0.385 e. The maximum Gasteiger partial charge on any atom is 0.251 e. The van der Waals surface area contributed by atoms with Gasteiger partial charge in [0.15, 0.2) is 0 Å². The number of hydrogen-bond donors (Lipinski definition) is 1. The van der Waals surface area contributed by atoms with Crippen molar-refractivity contribution in [2.75, 3.05) is 53.5 Å². The molecule has 1 aromatic rings. The molecule has 0 radical (unpaired) electrons. The van der Waals surface area contributed by atoms with Crippen LogP contribution >= 0.6 is 0 Å². The maximum atomic E-state index is 13.0. The highest BCUT2D eigenvalue weighted by Gasteiger charge is 2.32. The molecule has 0 unspecified atom stereocenters. The number of likely N-dealkylation sites (N-methyl/N-ethyl adjacent to an activating group) is 1. The Kier molecular flexibility index (Phi) is 9.04. The number of amides is 1. The number of carbonyl (C=O) groups excluding carboxylic acids is 1. The van der Waals surface area contributed by atoms with Crippen molar-refractivity contribution in [3.05, 3.63) is 29.8 Å². The first-order valence-electron chi connectivity index (χ1n) is 9.95. The zero-order chi connectivity index (χ0) is 21.4. The van der Waals surface area contributed by atoms with Crippen LogP contribution in [0.3, 0.4) is 0 Å². The molecule has 29 heavy (non-hydrogen) atoms. The van der Waals surface area contributed by atoms with Gasteiger partial charge in [-0.3, -0.25) is 4.79 Å². The largest absolute Gasteiger partial charge is 0.385 e. The smallest absolute Gasteiger partial charge is 0.251 e. The van der Waals surface area contributed by atoms with Crippen LogP contribution in [0.25, 0.3) is 0 Å². The average Bonchev–Trinajstić information content (AvgIpc) is 2.67. The highest BCUT2D eigenvalue weighted by atomic mass is 32.2. The molecule has 1 aliphatic rings. The Morgan fingerprint density at radius 3 is 2.62 bits per heavy atom. The summed E-state index contributed by atoms with van der Waals surface area (Å²) in [6, 6.07) is 6.20. The first-order chi connectivity index (χ1) is 13.7. The molecule has 1 saturated heterocycles. The van der Waals surface area contributed by atoms with Gasteiger partial charge in [-0.2, -0.15) is 4.31 Å². The molecule has 1 aliphatic heterocycles. The average molecular weight is 428 g/mol. The van der Waals surface area contributed by atoms with Crippen molar-refractivity contribution in [1.29, 1.82) is 0 Å². The summed E-state index contributed by atoms with van der Waals surface area (Å²) in [6.45, 7) is 7.10. The van der Waals surface area contributed by atoms with Crippen LogP contribution < -0.4 is 5.32 Å². The lowest BCUT2D eigenvalue weighted by Gasteiger charge is -2.34. The second-order valence-corrected chi connectivity index (χ2v) is 9.45. The number of hydrogen-bond acceptors (Lipinski definition) is 6. The number of carbonyl (C=O) groups is 1. The molecule has 1 amide bonds. The van der Waals surface area contributed by atoms with Gasteiger partial charge < -0.3 is 19.7 Å². The summed E-state index contributed by atoms with van der Waals surface area (Å²) in [5.74, 6) is -0.281. The van der Waals surface area contributed by atoms with E-state index < -0.39 is 10.0 Å². The quantitative estimate of drug-likeness (QED) is 0.564.